The lowest BCUT2D eigenvalue weighted by Crippen LogP contribution is -2.61. The van der Waals surface area contributed by atoms with E-state index in [9.17, 15) is 9.59 Å². The van der Waals surface area contributed by atoms with Crippen molar-refractivity contribution in [2.45, 2.75) is 45.7 Å². The molecule has 3 aromatic rings. The summed E-state index contributed by atoms with van der Waals surface area (Å²) < 4.78 is 0.781. The summed E-state index contributed by atoms with van der Waals surface area (Å²) in [4.78, 5) is 40.7. The van der Waals surface area contributed by atoms with Crippen molar-refractivity contribution in [1.82, 2.24) is 25.2 Å². The number of amides is 2. The number of rotatable bonds is 6. The Morgan fingerprint density at radius 3 is 2.75 bits per heavy atom. The van der Waals surface area contributed by atoms with Crippen LogP contribution in [0.3, 0.4) is 0 Å². The second kappa shape index (κ2) is 7.81. The quantitative estimate of drug-likeness (QED) is 0.598. The minimum absolute atomic E-state index is 0.0102. The Labute approximate surface area is 190 Å². The summed E-state index contributed by atoms with van der Waals surface area (Å²) in [6.45, 7) is 7.02. The largest absolute Gasteiger partial charge is 0.349 e. The van der Waals surface area contributed by atoms with Crippen molar-refractivity contribution in [2.24, 2.45) is 5.41 Å². The zero-order chi connectivity index (χ0) is 22.5. The number of fused-ring (bicyclic) bond motifs is 1. The van der Waals surface area contributed by atoms with Gasteiger partial charge in [-0.3, -0.25) is 14.6 Å². The van der Waals surface area contributed by atoms with E-state index in [-0.39, 0.29) is 29.3 Å². The van der Waals surface area contributed by atoms with E-state index in [0.717, 1.165) is 34.2 Å². The SMILES string of the molecule is Cc1cncc(C(C)Nc2nc(C(=O)N3CC(NC(=O)C4(C)CC4)C3)c3sccc3n2)c1. The predicted molar refractivity (Wildman–Crippen MR) is 124 cm³/mol. The maximum atomic E-state index is 13.2. The van der Waals surface area contributed by atoms with Crippen LogP contribution < -0.4 is 10.6 Å². The molecule has 32 heavy (non-hydrogen) atoms. The van der Waals surface area contributed by atoms with Crippen molar-refractivity contribution in [1.29, 1.82) is 0 Å². The number of thiophene rings is 1. The van der Waals surface area contributed by atoms with Crippen LogP contribution in [0.1, 0.15) is 54.3 Å². The molecule has 1 unspecified atom stereocenters. The van der Waals surface area contributed by atoms with Crippen LogP contribution in [0.15, 0.2) is 29.9 Å². The molecule has 5 rings (SSSR count). The van der Waals surface area contributed by atoms with Crippen LogP contribution in [-0.4, -0.2) is 50.8 Å². The number of likely N-dealkylation sites (tertiary alicyclic amines) is 1. The summed E-state index contributed by atoms with van der Waals surface area (Å²) in [5, 5.41) is 8.30. The molecule has 0 bridgehead atoms. The first-order valence-electron chi connectivity index (χ1n) is 10.9. The average Bonchev–Trinajstić information content (AvgIpc) is 3.31. The van der Waals surface area contributed by atoms with Crippen molar-refractivity contribution < 1.29 is 9.59 Å². The maximum absolute atomic E-state index is 13.2. The number of carbonyl (C=O) groups is 2. The van der Waals surface area contributed by atoms with Gasteiger partial charge in [0.1, 0.15) is 0 Å². The number of anilines is 1. The third kappa shape index (κ3) is 3.92. The Kier molecular flexibility index (Phi) is 5.08. The van der Waals surface area contributed by atoms with Gasteiger partial charge in [-0.25, -0.2) is 9.97 Å². The lowest BCUT2D eigenvalue weighted by Gasteiger charge is -2.39. The van der Waals surface area contributed by atoms with Crippen LogP contribution in [0, 0.1) is 12.3 Å². The number of carbonyl (C=O) groups excluding carboxylic acids is 2. The summed E-state index contributed by atoms with van der Waals surface area (Å²) in [5.41, 5.74) is 3.05. The molecule has 1 atom stereocenters. The first kappa shape index (κ1) is 20.8. The molecule has 2 fully saturated rings. The van der Waals surface area contributed by atoms with Gasteiger partial charge in [-0.2, -0.15) is 0 Å². The van der Waals surface area contributed by atoms with Crippen LogP contribution in [0.5, 0.6) is 0 Å². The Morgan fingerprint density at radius 2 is 2.03 bits per heavy atom. The third-order valence-corrected chi connectivity index (χ3v) is 7.21. The molecule has 9 heteroatoms. The molecule has 1 saturated carbocycles. The second-order valence-corrected chi connectivity index (χ2v) is 10.0. The van der Waals surface area contributed by atoms with E-state index < -0.39 is 0 Å². The molecule has 2 N–H and O–H groups in total. The zero-order valence-electron chi connectivity index (χ0n) is 18.4. The highest BCUT2D eigenvalue weighted by Gasteiger charge is 2.46. The molecular formula is C23H26N6O2S. The minimum Gasteiger partial charge on any atom is -0.349 e. The fourth-order valence-electron chi connectivity index (χ4n) is 3.82. The summed E-state index contributed by atoms with van der Waals surface area (Å²) >= 11 is 1.46. The van der Waals surface area contributed by atoms with Gasteiger partial charge in [-0.15, -0.1) is 11.3 Å². The summed E-state index contributed by atoms with van der Waals surface area (Å²) in [7, 11) is 0. The van der Waals surface area contributed by atoms with E-state index in [1.54, 1.807) is 4.90 Å². The Morgan fingerprint density at radius 1 is 1.25 bits per heavy atom. The van der Waals surface area contributed by atoms with E-state index in [4.69, 9.17) is 0 Å². The lowest BCUT2D eigenvalue weighted by molar-refractivity contribution is -0.127. The number of hydrogen-bond donors (Lipinski definition) is 2. The fraction of sp³-hybridized carbons (Fsp3) is 0.435. The number of hydrogen-bond acceptors (Lipinski definition) is 7. The number of aryl methyl sites for hydroxylation is 1. The van der Waals surface area contributed by atoms with Crippen LogP contribution >= 0.6 is 11.3 Å². The molecule has 166 valence electrons. The summed E-state index contributed by atoms with van der Waals surface area (Å²) in [6.07, 6.45) is 5.52. The van der Waals surface area contributed by atoms with E-state index in [1.807, 2.05) is 44.6 Å². The van der Waals surface area contributed by atoms with E-state index in [1.165, 1.54) is 11.3 Å². The number of nitrogens with zero attached hydrogens (tertiary/aromatic N) is 4. The van der Waals surface area contributed by atoms with E-state index in [0.29, 0.717) is 24.7 Å². The molecule has 3 aromatic heterocycles. The molecule has 1 aliphatic carbocycles. The summed E-state index contributed by atoms with van der Waals surface area (Å²) in [6, 6.07) is 3.92. The van der Waals surface area contributed by atoms with Crippen molar-refractivity contribution in [3.63, 3.8) is 0 Å². The van der Waals surface area contributed by atoms with Gasteiger partial charge in [0, 0.05) is 30.9 Å². The normalized spacial score (nSPS) is 18.2. The molecule has 2 aliphatic rings. The molecule has 4 heterocycles. The Balaban J connectivity index is 1.31. The molecule has 8 nitrogen and oxygen atoms in total. The van der Waals surface area contributed by atoms with Crippen LogP contribution in [0.4, 0.5) is 5.95 Å². The molecule has 1 saturated heterocycles. The van der Waals surface area contributed by atoms with Gasteiger partial charge >= 0.3 is 0 Å². The van der Waals surface area contributed by atoms with Crippen molar-refractivity contribution in [3.05, 3.63) is 46.7 Å². The van der Waals surface area contributed by atoms with E-state index in [2.05, 4.69) is 31.7 Å². The second-order valence-electron chi connectivity index (χ2n) is 9.13. The first-order valence-corrected chi connectivity index (χ1v) is 11.7. The smallest absolute Gasteiger partial charge is 0.274 e. The molecule has 0 aromatic carbocycles. The van der Waals surface area contributed by atoms with Crippen molar-refractivity contribution >= 4 is 39.3 Å². The average molecular weight is 451 g/mol. The van der Waals surface area contributed by atoms with Gasteiger partial charge in [-0.05, 0) is 49.3 Å². The van der Waals surface area contributed by atoms with Gasteiger partial charge in [-0.1, -0.05) is 13.0 Å². The van der Waals surface area contributed by atoms with Crippen LogP contribution in [-0.2, 0) is 4.79 Å². The standard InChI is InChI=1S/C23H26N6O2S/c1-13-8-15(10-24-9-13)14(2)25-22-27-17-4-7-32-19(17)18(28-22)20(30)29-11-16(12-29)26-21(31)23(3)5-6-23/h4,7-10,14,16H,5-6,11-12H2,1-3H3,(H,26,31)(H,25,27,28). The Bertz CT molecular complexity index is 1200. The molecule has 1 aliphatic heterocycles. The summed E-state index contributed by atoms with van der Waals surface area (Å²) in [5.74, 6) is 0.389. The van der Waals surface area contributed by atoms with Gasteiger partial charge < -0.3 is 15.5 Å². The maximum Gasteiger partial charge on any atom is 0.274 e. The van der Waals surface area contributed by atoms with Crippen molar-refractivity contribution in [3.8, 4) is 0 Å². The topological polar surface area (TPSA) is 100 Å². The molecule has 2 amide bonds. The third-order valence-electron chi connectivity index (χ3n) is 6.30. The minimum atomic E-state index is -0.204. The van der Waals surface area contributed by atoms with Gasteiger partial charge in [0.15, 0.2) is 5.69 Å². The van der Waals surface area contributed by atoms with Crippen LogP contribution in [0.25, 0.3) is 10.2 Å². The highest BCUT2D eigenvalue weighted by Crippen LogP contribution is 2.45. The highest BCUT2D eigenvalue weighted by molar-refractivity contribution is 7.17. The lowest BCUT2D eigenvalue weighted by atomic mass is 10.0. The highest BCUT2D eigenvalue weighted by atomic mass is 32.1. The van der Waals surface area contributed by atoms with Gasteiger partial charge in [0.2, 0.25) is 11.9 Å². The first-order chi connectivity index (χ1) is 15.3. The number of pyridine rings is 1. The van der Waals surface area contributed by atoms with Crippen molar-refractivity contribution in [2.75, 3.05) is 18.4 Å². The molecule has 0 spiro atoms. The molecule has 0 radical (unpaired) electrons. The van der Waals surface area contributed by atoms with E-state index >= 15 is 0 Å². The Hall–Kier alpha value is -3.07. The van der Waals surface area contributed by atoms with Crippen LogP contribution in [0.2, 0.25) is 0 Å². The molecular weight excluding hydrogens is 424 g/mol. The van der Waals surface area contributed by atoms with Gasteiger partial charge in [0.05, 0.1) is 22.3 Å². The number of aromatic nitrogens is 3. The zero-order valence-corrected chi connectivity index (χ0v) is 19.2. The monoisotopic (exact) mass is 450 g/mol. The number of nitrogens with one attached hydrogen (secondary N) is 2. The fourth-order valence-corrected chi connectivity index (χ4v) is 4.64. The predicted octanol–water partition coefficient (Wildman–Crippen LogP) is 3.31. The van der Waals surface area contributed by atoms with Gasteiger partial charge in [0.25, 0.3) is 5.91 Å².